The minimum Gasteiger partial charge on any atom is -0.449 e. The summed E-state index contributed by atoms with van der Waals surface area (Å²) in [4.78, 5) is 12.5. The van der Waals surface area contributed by atoms with E-state index in [0.717, 1.165) is 12.2 Å². The largest absolute Gasteiger partial charge is 0.449 e. The number of nitrogens with zero attached hydrogens (tertiary/aromatic N) is 2. The summed E-state index contributed by atoms with van der Waals surface area (Å²) in [6.07, 6.45) is 1.40. The van der Waals surface area contributed by atoms with Crippen LogP contribution in [0.2, 0.25) is 0 Å². The van der Waals surface area contributed by atoms with Crippen LogP contribution >= 0.6 is 0 Å². The van der Waals surface area contributed by atoms with Gasteiger partial charge in [-0.1, -0.05) is 48.5 Å². The van der Waals surface area contributed by atoms with E-state index in [1.807, 2.05) is 35.0 Å². The molecule has 142 valence electrons. The third-order valence-electron chi connectivity index (χ3n) is 5.56. The maximum atomic E-state index is 12.5. The molecule has 0 fully saturated rings. The second kappa shape index (κ2) is 7.13. The first-order chi connectivity index (χ1) is 13.8. The van der Waals surface area contributed by atoms with E-state index >= 15 is 0 Å². The van der Waals surface area contributed by atoms with Crippen LogP contribution in [0.25, 0.3) is 11.1 Å². The summed E-state index contributed by atoms with van der Waals surface area (Å²) in [6.45, 7) is 2.41. The number of ether oxygens (including phenoxy) is 1. The Kier molecular flexibility index (Phi) is 4.33. The van der Waals surface area contributed by atoms with Gasteiger partial charge < -0.3 is 15.4 Å². The van der Waals surface area contributed by atoms with Crippen LogP contribution in [0.15, 0.2) is 60.8 Å². The average Bonchev–Trinajstić information content (AvgIpc) is 3.23. The number of hydrogen-bond acceptors (Lipinski definition) is 4. The number of rotatable bonds is 3. The van der Waals surface area contributed by atoms with Gasteiger partial charge >= 0.3 is 6.09 Å². The lowest BCUT2D eigenvalue weighted by Gasteiger charge is -2.19. The first-order valence-electron chi connectivity index (χ1n) is 9.62. The van der Waals surface area contributed by atoms with Crippen molar-refractivity contribution >= 4 is 6.09 Å². The average molecular weight is 374 g/mol. The molecule has 2 heterocycles. The van der Waals surface area contributed by atoms with E-state index in [1.165, 1.54) is 22.3 Å². The quantitative estimate of drug-likeness (QED) is 0.740. The van der Waals surface area contributed by atoms with E-state index in [1.54, 1.807) is 6.20 Å². The van der Waals surface area contributed by atoms with Gasteiger partial charge in [0.2, 0.25) is 0 Å². The Bertz CT molecular complexity index is 968. The van der Waals surface area contributed by atoms with Crippen molar-refractivity contribution in [3.8, 4) is 11.1 Å². The number of benzene rings is 2. The van der Waals surface area contributed by atoms with Gasteiger partial charge in [0.1, 0.15) is 6.61 Å². The summed E-state index contributed by atoms with van der Waals surface area (Å²) in [5.41, 5.74) is 6.01. The summed E-state index contributed by atoms with van der Waals surface area (Å²) in [5.74, 6) is 0.0723. The topological polar surface area (TPSA) is 68.2 Å². The van der Waals surface area contributed by atoms with Gasteiger partial charge in [0.25, 0.3) is 0 Å². The molecule has 1 amide bonds. The minimum absolute atomic E-state index is 0.0585. The zero-order valence-corrected chi connectivity index (χ0v) is 15.5. The molecule has 0 bridgehead atoms. The number of aromatic nitrogens is 2. The van der Waals surface area contributed by atoms with Crippen molar-refractivity contribution in [1.82, 2.24) is 20.4 Å². The summed E-state index contributed by atoms with van der Waals surface area (Å²) in [6, 6.07) is 18.6. The molecule has 2 aliphatic rings. The molecule has 0 spiro atoms. The van der Waals surface area contributed by atoms with Gasteiger partial charge in [-0.2, -0.15) is 5.10 Å². The highest BCUT2D eigenvalue weighted by Crippen LogP contribution is 2.44. The van der Waals surface area contributed by atoms with Crippen LogP contribution in [-0.2, 0) is 17.8 Å². The lowest BCUT2D eigenvalue weighted by atomic mass is 9.98. The number of carbonyl (C=O) groups excluding carboxylic acids is 1. The van der Waals surface area contributed by atoms with Crippen LogP contribution in [0.4, 0.5) is 4.79 Å². The Morgan fingerprint density at radius 1 is 1.11 bits per heavy atom. The Morgan fingerprint density at radius 2 is 1.82 bits per heavy atom. The lowest BCUT2D eigenvalue weighted by molar-refractivity contribution is 0.138. The fraction of sp³-hybridized carbons (Fsp3) is 0.273. The lowest BCUT2D eigenvalue weighted by Crippen LogP contribution is -2.43. The SMILES string of the molecule is O=C(NC1CNCc2ccnn2C1)OCC1c2ccccc2-c2ccccc21. The molecular formula is C22H22N4O2. The second-order valence-corrected chi connectivity index (χ2v) is 7.30. The Labute approximate surface area is 163 Å². The second-order valence-electron chi connectivity index (χ2n) is 7.30. The Balaban J connectivity index is 1.26. The molecule has 28 heavy (non-hydrogen) atoms. The van der Waals surface area contributed by atoms with Gasteiger partial charge in [0.05, 0.1) is 18.3 Å². The zero-order chi connectivity index (χ0) is 18.9. The summed E-state index contributed by atoms with van der Waals surface area (Å²) >= 11 is 0. The van der Waals surface area contributed by atoms with Crippen LogP contribution in [-0.4, -0.2) is 35.1 Å². The smallest absolute Gasteiger partial charge is 0.407 e. The molecule has 3 aromatic rings. The zero-order valence-electron chi connectivity index (χ0n) is 15.5. The van der Waals surface area contributed by atoms with Gasteiger partial charge in [-0.25, -0.2) is 4.79 Å². The van der Waals surface area contributed by atoms with Crippen LogP contribution in [0.3, 0.4) is 0 Å². The molecule has 2 aromatic carbocycles. The van der Waals surface area contributed by atoms with Crippen molar-refractivity contribution in [3.63, 3.8) is 0 Å². The van der Waals surface area contributed by atoms with E-state index in [4.69, 9.17) is 4.74 Å². The van der Waals surface area contributed by atoms with Crippen LogP contribution in [0.5, 0.6) is 0 Å². The van der Waals surface area contributed by atoms with Crippen molar-refractivity contribution in [3.05, 3.63) is 77.6 Å². The van der Waals surface area contributed by atoms with Crippen molar-refractivity contribution < 1.29 is 9.53 Å². The summed E-state index contributed by atoms with van der Waals surface area (Å²) < 4.78 is 7.57. The molecule has 0 saturated carbocycles. The van der Waals surface area contributed by atoms with Gasteiger partial charge in [-0.15, -0.1) is 0 Å². The molecular weight excluding hydrogens is 352 g/mol. The number of hydrogen-bond donors (Lipinski definition) is 2. The normalized spacial score (nSPS) is 17.9. The van der Waals surface area contributed by atoms with Crippen molar-refractivity contribution in [2.75, 3.05) is 13.2 Å². The monoisotopic (exact) mass is 374 g/mol. The molecule has 1 aromatic heterocycles. The Morgan fingerprint density at radius 3 is 2.57 bits per heavy atom. The summed E-state index contributed by atoms with van der Waals surface area (Å²) in [5, 5.41) is 10.6. The third kappa shape index (κ3) is 3.05. The number of nitrogens with one attached hydrogen (secondary N) is 2. The van der Waals surface area contributed by atoms with E-state index in [0.29, 0.717) is 19.7 Å². The molecule has 2 N–H and O–H groups in total. The van der Waals surface area contributed by atoms with Crippen molar-refractivity contribution in [1.29, 1.82) is 0 Å². The standard InChI is InChI=1S/C22H22N4O2/c27-22(25-15-11-23-12-16-9-10-24-26(16)13-15)28-14-21-19-7-3-1-5-17(19)18-6-2-4-8-20(18)21/h1-10,15,21,23H,11-14H2,(H,25,27). The molecule has 5 rings (SSSR count). The maximum Gasteiger partial charge on any atom is 0.407 e. The van der Waals surface area contributed by atoms with E-state index in [-0.39, 0.29) is 18.1 Å². The predicted octanol–water partition coefficient (Wildman–Crippen LogP) is 2.89. The highest BCUT2D eigenvalue weighted by Gasteiger charge is 2.29. The first kappa shape index (κ1) is 17.0. The van der Waals surface area contributed by atoms with Gasteiger partial charge in [0.15, 0.2) is 0 Å². The third-order valence-corrected chi connectivity index (χ3v) is 5.56. The molecule has 0 saturated heterocycles. The fourth-order valence-electron chi connectivity index (χ4n) is 4.23. The highest BCUT2D eigenvalue weighted by molar-refractivity contribution is 5.79. The number of amides is 1. The molecule has 1 unspecified atom stereocenters. The van der Waals surface area contributed by atoms with E-state index in [9.17, 15) is 4.79 Å². The van der Waals surface area contributed by atoms with Crippen LogP contribution < -0.4 is 10.6 Å². The van der Waals surface area contributed by atoms with Gasteiger partial charge in [-0.05, 0) is 28.3 Å². The number of fused-ring (bicyclic) bond motifs is 4. The molecule has 6 heteroatoms. The van der Waals surface area contributed by atoms with Crippen LogP contribution in [0, 0.1) is 0 Å². The minimum atomic E-state index is -0.385. The van der Waals surface area contributed by atoms with E-state index in [2.05, 4.69) is 40.0 Å². The maximum absolute atomic E-state index is 12.5. The molecule has 1 aliphatic carbocycles. The summed E-state index contributed by atoms with van der Waals surface area (Å²) in [7, 11) is 0. The van der Waals surface area contributed by atoms with Crippen molar-refractivity contribution in [2.24, 2.45) is 0 Å². The predicted molar refractivity (Wildman–Crippen MR) is 106 cm³/mol. The molecule has 1 atom stereocenters. The van der Waals surface area contributed by atoms with Crippen LogP contribution in [0.1, 0.15) is 22.7 Å². The molecule has 6 nitrogen and oxygen atoms in total. The Hall–Kier alpha value is -3.12. The number of carbonyl (C=O) groups is 1. The fourth-order valence-corrected chi connectivity index (χ4v) is 4.23. The molecule has 0 radical (unpaired) electrons. The van der Waals surface area contributed by atoms with Crippen molar-refractivity contribution in [2.45, 2.75) is 25.0 Å². The van der Waals surface area contributed by atoms with E-state index < -0.39 is 0 Å². The molecule has 1 aliphatic heterocycles. The van der Waals surface area contributed by atoms with Gasteiger partial charge in [0, 0.05) is 25.2 Å². The first-order valence-corrected chi connectivity index (χ1v) is 9.62. The number of alkyl carbamates (subject to hydrolysis) is 1. The van der Waals surface area contributed by atoms with Gasteiger partial charge in [-0.3, -0.25) is 4.68 Å². The highest BCUT2D eigenvalue weighted by atomic mass is 16.5.